The van der Waals surface area contributed by atoms with E-state index in [1.54, 1.807) is 0 Å². The number of nitrogens with two attached hydrogens (primary N) is 1. The molecule has 0 unspecified atom stereocenters. The molecule has 1 aliphatic heterocycles. The number of hydrogen-bond donors (Lipinski definition) is 1. The van der Waals surface area contributed by atoms with E-state index in [0.717, 1.165) is 35.0 Å². The Morgan fingerprint density at radius 1 is 0.833 bits per heavy atom. The lowest BCUT2D eigenvalue weighted by molar-refractivity contribution is 0.356. The Labute approximate surface area is 112 Å². The summed E-state index contributed by atoms with van der Waals surface area (Å²) in [5.41, 5.74) is 6.67. The number of ether oxygens (including phenoxy) is 2. The topological polar surface area (TPSA) is 44.5 Å². The fraction of sp³-hybridized carbons (Fsp3) is 0.143. The fourth-order valence-corrected chi connectivity index (χ4v) is 1.96. The molecule has 2 aromatic rings. The van der Waals surface area contributed by atoms with Crippen molar-refractivity contribution in [1.29, 1.82) is 0 Å². The highest BCUT2D eigenvalue weighted by molar-refractivity contribution is 5.85. The summed E-state index contributed by atoms with van der Waals surface area (Å²) in [7, 11) is 0. The average molecular weight is 264 g/mol. The molecular weight excluding hydrogens is 250 g/mol. The van der Waals surface area contributed by atoms with Gasteiger partial charge in [-0.1, -0.05) is 24.3 Å². The van der Waals surface area contributed by atoms with Gasteiger partial charge in [0.25, 0.3) is 0 Å². The van der Waals surface area contributed by atoms with Crippen LogP contribution in [0.25, 0.3) is 0 Å². The Bertz CT molecular complexity index is 557. The average Bonchev–Trinajstić information content (AvgIpc) is 2.37. The third-order valence-electron chi connectivity index (χ3n) is 2.76. The standard InChI is InChI=1S/C14H13NO2.ClH/c15-9-8-10-4-3-7-13-14(10)17-12-6-2-1-5-11(12)16-13;/h1-7H,8-9,15H2;1H. The van der Waals surface area contributed by atoms with Gasteiger partial charge in [0.05, 0.1) is 0 Å². The maximum Gasteiger partial charge on any atom is 0.173 e. The maximum atomic E-state index is 5.88. The van der Waals surface area contributed by atoms with Gasteiger partial charge >= 0.3 is 0 Å². The number of hydrogen-bond acceptors (Lipinski definition) is 3. The molecule has 0 amide bonds. The van der Waals surface area contributed by atoms with Crippen LogP contribution in [0.4, 0.5) is 0 Å². The first kappa shape index (κ1) is 12.7. The third kappa shape index (κ3) is 2.15. The Balaban J connectivity index is 0.00000120. The van der Waals surface area contributed by atoms with Crippen LogP contribution in [0.1, 0.15) is 5.56 Å². The predicted octanol–water partition coefficient (Wildman–Crippen LogP) is 3.51. The minimum atomic E-state index is 0. The molecular formula is C14H14ClNO2. The molecule has 0 aliphatic carbocycles. The van der Waals surface area contributed by atoms with Crippen molar-refractivity contribution in [2.45, 2.75) is 6.42 Å². The normalized spacial score (nSPS) is 11.4. The molecule has 94 valence electrons. The molecule has 3 rings (SSSR count). The molecule has 0 atom stereocenters. The van der Waals surface area contributed by atoms with Gasteiger partial charge in [0.1, 0.15) is 0 Å². The third-order valence-corrected chi connectivity index (χ3v) is 2.76. The van der Waals surface area contributed by atoms with Crippen LogP contribution < -0.4 is 15.2 Å². The van der Waals surface area contributed by atoms with Gasteiger partial charge in [-0.15, -0.1) is 12.4 Å². The summed E-state index contributed by atoms with van der Waals surface area (Å²) in [6, 6.07) is 13.5. The van der Waals surface area contributed by atoms with Gasteiger partial charge in [0, 0.05) is 0 Å². The van der Waals surface area contributed by atoms with E-state index in [2.05, 4.69) is 0 Å². The van der Waals surface area contributed by atoms with Gasteiger partial charge in [-0.05, 0) is 36.7 Å². The molecule has 0 spiro atoms. The molecule has 1 heterocycles. The maximum absolute atomic E-state index is 5.88. The Kier molecular flexibility index (Phi) is 3.75. The SMILES string of the molecule is Cl.NCCc1cccc2c1Oc1ccccc1O2. The second-order valence-corrected chi connectivity index (χ2v) is 3.93. The van der Waals surface area contributed by atoms with Gasteiger partial charge in [0.15, 0.2) is 23.0 Å². The molecule has 0 radical (unpaired) electrons. The monoisotopic (exact) mass is 263 g/mol. The zero-order valence-electron chi connectivity index (χ0n) is 9.76. The molecule has 0 fully saturated rings. The highest BCUT2D eigenvalue weighted by Gasteiger charge is 2.20. The molecule has 4 heteroatoms. The number of benzene rings is 2. The Morgan fingerprint density at radius 3 is 2.22 bits per heavy atom. The van der Waals surface area contributed by atoms with Crippen molar-refractivity contribution in [3.05, 3.63) is 48.0 Å². The molecule has 0 saturated heterocycles. The summed E-state index contributed by atoms with van der Waals surface area (Å²) >= 11 is 0. The van der Waals surface area contributed by atoms with Crippen molar-refractivity contribution in [2.75, 3.05) is 6.54 Å². The quantitative estimate of drug-likeness (QED) is 0.770. The first-order valence-corrected chi connectivity index (χ1v) is 5.65. The van der Waals surface area contributed by atoms with Crippen LogP contribution in [-0.2, 0) is 6.42 Å². The smallest absolute Gasteiger partial charge is 0.173 e. The van der Waals surface area contributed by atoms with Gasteiger partial charge in [0.2, 0.25) is 0 Å². The second-order valence-electron chi connectivity index (χ2n) is 3.93. The van der Waals surface area contributed by atoms with Crippen molar-refractivity contribution >= 4 is 12.4 Å². The lowest BCUT2D eigenvalue weighted by Gasteiger charge is -2.22. The molecule has 1 aliphatic rings. The molecule has 2 aromatic carbocycles. The zero-order valence-corrected chi connectivity index (χ0v) is 10.6. The first-order valence-electron chi connectivity index (χ1n) is 5.65. The van der Waals surface area contributed by atoms with Crippen LogP contribution >= 0.6 is 12.4 Å². The van der Waals surface area contributed by atoms with Crippen molar-refractivity contribution in [3.8, 4) is 23.0 Å². The Hall–Kier alpha value is -1.71. The number of rotatable bonds is 2. The number of para-hydroxylation sites is 3. The van der Waals surface area contributed by atoms with Crippen LogP contribution in [0.5, 0.6) is 23.0 Å². The van der Waals surface area contributed by atoms with E-state index < -0.39 is 0 Å². The van der Waals surface area contributed by atoms with Gasteiger partial charge < -0.3 is 15.2 Å². The molecule has 18 heavy (non-hydrogen) atoms. The second kappa shape index (κ2) is 5.29. The zero-order chi connectivity index (χ0) is 11.7. The minimum absolute atomic E-state index is 0. The van der Waals surface area contributed by atoms with Crippen molar-refractivity contribution in [3.63, 3.8) is 0 Å². The largest absolute Gasteiger partial charge is 0.450 e. The van der Waals surface area contributed by atoms with Gasteiger partial charge in [-0.25, -0.2) is 0 Å². The van der Waals surface area contributed by atoms with E-state index >= 15 is 0 Å². The Morgan fingerprint density at radius 2 is 1.50 bits per heavy atom. The molecule has 0 bridgehead atoms. The summed E-state index contributed by atoms with van der Waals surface area (Å²) in [4.78, 5) is 0. The number of fused-ring (bicyclic) bond motifs is 2. The molecule has 0 saturated carbocycles. The fourth-order valence-electron chi connectivity index (χ4n) is 1.96. The predicted molar refractivity (Wildman–Crippen MR) is 73.0 cm³/mol. The molecule has 0 aromatic heterocycles. The van der Waals surface area contributed by atoms with E-state index in [1.807, 2.05) is 42.5 Å². The van der Waals surface area contributed by atoms with Crippen molar-refractivity contribution < 1.29 is 9.47 Å². The minimum Gasteiger partial charge on any atom is -0.450 e. The van der Waals surface area contributed by atoms with E-state index in [9.17, 15) is 0 Å². The summed E-state index contributed by atoms with van der Waals surface area (Å²) < 4.78 is 11.7. The number of halogens is 1. The summed E-state index contributed by atoms with van der Waals surface area (Å²) in [5.74, 6) is 3.06. The van der Waals surface area contributed by atoms with Crippen molar-refractivity contribution in [1.82, 2.24) is 0 Å². The van der Waals surface area contributed by atoms with Crippen LogP contribution in [0.3, 0.4) is 0 Å². The molecule has 2 N–H and O–H groups in total. The van der Waals surface area contributed by atoms with E-state index in [4.69, 9.17) is 15.2 Å². The van der Waals surface area contributed by atoms with Crippen molar-refractivity contribution in [2.24, 2.45) is 5.73 Å². The highest BCUT2D eigenvalue weighted by atomic mass is 35.5. The van der Waals surface area contributed by atoms with Gasteiger partial charge in [-0.2, -0.15) is 0 Å². The van der Waals surface area contributed by atoms with Crippen LogP contribution in [-0.4, -0.2) is 6.54 Å². The van der Waals surface area contributed by atoms with Crippen LogP contribution in [0.2, 0.25) is 0 Å². The van der Waals surface area contributed by atoms with Crippen LogP contribution in [0, 0.1) is 0 Å². The highest BCUT2D eigenvalue weighted by Crippen LogP contribution is 2.46. The first-order chi connectivity index (χ1) is 8.38. The molecule has 3 nitrogen and oxygen atoms in total. The lowest BCUT2D eigenvalue weighted by atomic mass is 10.1. The van der Waals surface area contributed by atoms with Crippen LogP contribution in [0.15, 0.2) is 42.5 Å². The summed E-state index contributed by atoms with van der Waals surface area (Å²) in [6.07, 6.45) is 0.786. The van der Waals surface area contributed by atoms with E-state index in [1.165, 1.54) is 0 Å². The van der Waals surface area contributed by atoms with E-state index in [0.29, 0.717) is 6.54 Å². The summed E-state index contributed by atoms with van der Waals surface area (Å²) in [5, 5.41) is 0. The lowest BCUT2D eigenvalue weighted by Crippen LogP contribution is -2.06. The van der Waals surface area contributed by atoms with E-state index in [-0.39, 0.29) is 12.4 Å². The summed E-state index contributed by atoms with van der Waals surface area (Å²) in [6.45, 7) is 0.599. The van der Waals surface area contributed by atoms with Gasteiger partial charge in [-0.3, -0.25) is 0 Å².